The van der Waals surface area contributed by atoms with Gasteiger partial charge in [0.2, 0.25) is 0 Å². The van der Waals surface area contributed by atoms with E-state index in [1.54, 1.807) is 0 Å². The molecule has 0 aromatic heterocycles. The van der Waals surface area contributed by atoms with Crippen molar-refractivity contribution in [2.24, 2.45) is 5.16 Å². The molecule has 0 aliphatic heterocycles. The van der Waals surface area contributed by atoms with E-state index in [-0.39, 0.29) is 5.91 Å². The van der Waals surface area contributed by atoms with Gasteiger partial charge in [-0.1, -0.05) is 5.16 Å². The van der Waals surface area contributed by atoms with Crippen molar-refractivity contribution in [2.45, 2.75) is 24.8 Å². The number of amides is 1. The van der Waals surface area contributed by atoms with Crippen LogP contribution in [0.3, 0.4) is 0 Å². The molecule has 70 valence electrons. The van der Waals surface area contributed by atoms with Gasteiger partial charge in [0.1, 0.15) is 18.9 Å². The topological polar surface area (TPSA) is 74.5 Å². The minimum atomic E-state index is -0.656. The first-order valence-electron chi connectivity index (χ1n) is 4.02. The monoisotopic (exact) mass is 181 g/mol. The molecule has 13 heavy (non-hydrogen) atoms. The Morgan fingerprint density at radius 1 is 1.77 bits per heavy atom. The number of nitriles is 1. The smallest absolute Gasteiger partial charge is 0.267 e. The summed E-state index contributed by atoms with van der Waals surface area (Å²) in [5.74, 6) is -0.386. The molecule has 1 rings (SSSR count). The van der Waals surface area contributed by atoms with Crippen molar-refractivity contribution in [3.63, 3.8) is 0 Å². The maximum Gasteiger partial charge on any atom is 0.267 e. The summed E-state index contributed by atoms with van der Waals surface area (Å²) in [6, 6.07) is 2.09. The second-order valence-corrected chi connectivity index (χ2v) is 2.95. The third kappa shape index (κ3) is 2.18. The van der Waals surface area contributed by atoms with Gasteiger partial charge in [0.15, 0.2) is 0 Å². The van der Waals surface area contributed by atoms with Gasteiger partial charge in [0, 0.05) is 0 Å². The highest BCUT2D eigenvalue weighted by Crippen LogP contribution is 2.30. The zero-order valence-corrected chi connectivity index (χ0v) is 7.41. The molecule has 0 radical (unpaired) electrons. The van der Waals surface area contributed by atoms with Gasteiger partial charge in [-0.3, -0.25) is 4.79 Å². The number of carbonyl (C=O) groups is 1. The van der Waals surface area contributed by atoms with Crippen LogP contribution >= 0.6 is 0 Å². The van der Waals surface area contributed by atoms with Crippen molar-refractivity contribution in [1.29, 1.82) is 5.26 Å². The summed E-state index contributed by atoms with van der Waals surface area (Å²) in [4.78, 5) is 15.4. The molecule has 0 atom stereocenters. The second kappa shape index (κ2) is 3.90. The lowest BCUT2D eigenvalue weighted by Crippen LogP contribution is -2.52. The molecular weight excluding hydrogens is 170 g/mol. The van der Waals surface area contributed by atoms with E-state index in [4.69, 9.17) is 5.26 Å². The average molecular weight is 181 g/mol. The number of rotatable bonds is 3. The van der Waals surface area contributed by atoms with Crippen LogP contribution in [0, 0.1) is 11.3 Å². The van der Waals surface area contributed by atoms with Gasteiger partial charge >= 0.3 is 0 Å². The molecule has 5 nitrogen and oxygen atoms in total. The molecule has 1 aliphatic carbocycles. The van der Waals surface area contributed by atoms with Gasteiger partial charge in [0.25, 0.3) is 5.91 Å². The Labute approximate surface area is 76.4 Å². The average Bonchev–Trinajstić information content (AvgIpc) is 2.08. The van der Waals surface area contributed by atoms with Crippen molar-refractivity contribution < 1.29 is 9.63 Å². The summed E-state index contributed by atoms with van der Waals surface area (Å²) >= 11 is 0. The Bertz CT molecular complexity index is 263. The summed E-state index contributed by atoms with van der Waals surface area (Å²) < 4.78 is 0. The van der Waals surface area contributed by atoms with Crippen LogP contribution in [-0.2, 0) is 9.63 Å². The maximum absolute atomic E-state index is 11.1. The molecule has 0 unspecified atom stereocenters. The largest absolute Gasteiger partial charge is 0.399 e. The molecule has 1 amide bonds. The zero-order valence-electron chi connectivity index (χ0n) is 7.41. The highest BCUT2D eigenvalue weighted by Gasteiger charge is 2.38. The fourth-order valence-corrected chi connectivity index (χ4v) is 1.16. The highest BCUT2D eigenvalue weighted by molar-refractivity contribution is 6.26. The number of carbonyl (C=O) groups excluding carboxylic acids is 1. The van der Waals surface area contributed by atoms with Crippen LogP contribution < -0.4 is 5.32 Å². The molecule has 0 aromatic carbocycles. The van der Waals surface area contributed by atoms with Crippen LogP contribution in [0.1, 0.15) is 19.3 Å². The summed E-state index contributed by atoms with van der Waals surface area (Å²) in [5, 5.41) is 14.7. The van der Waals surface area contributed by atoms with Gasteiger partial charge < -0.3 is 10.2 Å². The fourth-order valence-electron chi connectivity index (χ4n) is 1.16. The van der Waals surface area contributed by atoms with Gasteiger partial charge in [-0.25, -0.2) is 0 Å². The molecule has 5 heteroatoms. The molecular formula is C8H11N3O2. The Morgan fingerprint density at radius 3 is 2.85 bits per heavy atom. The van der Waals surface area contributed by atoms with E-state index in [0.29, 0.717) is 0 Å². The lowest BCUT2D eigenvalue weighted by atomic mass is 9.78. The normalized spacial score (nSPS) is 18.8. The fraction of sp³-hybridized carbons (Fsp3) is 0.625. The molecule has 1 fully saturated rings. The van der Waals surface area contributed by atoms with Crippen LogP contribution in [0.5, 0.6) is 0 Å². The maximum atomic E-state index is 11.1. The minimum Gasteiger partial charge on any atom is -0.399 e. The number of hydrogen-bond donors (Lipinski definition) is 1. The first-order chi connectivity index (χ1) is 6.22. The quantitative estimate of drug-likeness (QED) is 0.498. The predicted octanol–water partition coefficient (Wildman–Crippen LogP) is 0.181. The summed E-state index contributed by atoms with van der Waals surface area (Å²) in [6.07, 6.45) is 3.44. The van der Waals surface area contributed by atoms with Crippen LogP contribution in [0.25, 0.3) is 0 Å². The molecule has 0 saturated heterocycles. The standard InChI is InChI=1S/C8H11N3O2/c1-13-10-5-7(12)11-8(6-9)3-2-4-8/h5H,2-4H2,1H3,(H,11,12)/b10-5+. The third-order valence-electron chi connectivity index (χ3n) is 2.06. The third-order valence-corrected chi connectivity index (χ3v) is 2.06. The van der Waals surface area contributed by atoms with Gasteiger partial charge in [-0.05, 0) is 19.3 Å². The summed E-state index contributed by atoms with van der Waals surface area (Å²) in [7, 11) is 1.35. The van der Waals surface area contributed by atoms with Crippen molar-refractivity contribution in [2.75, 3.05) is 7.11 Å². The van der Waals surface area contributed by atoms with Gasteiger partial charge in [-0.15, -0.1) is 0 Å². The van der Waals surface area contributed by atoms with Crippen LogP contribution in [-0.4, -0.2) is 24.8 Å². The Balaban J connectivity index is 2.44. The van der Waals surface area contributed by atoms with Crippen LogP contribution in [0.15, 0.2) is 5.16 Å². The van der Waals surface area contributed by atoms with Crippen molar-refractivity contribution >= 4 is 12.1 Å². The van der Waals surface area contributed by atoms with Crippen molar-refractivity contribution in [3.05, 3.63) is 0 Å². The second-order valence-electron chi connectivity index (χ2n) is 2.95. The van der Waals surface area contributed by atoms with E-state index in [0.717, 1.165) is 25.5 Å². The summed E-state index contributed by atoms with van der Waals surface area (Å²) in [6.45, 7) is 0. The lowest BCUT2D eigenvalue weighted by molar-refractivity contribution is -0.116. The molecule has 0 bridgehead atoms. The molecule has 1 aliphatic rings. The van der Waals surface area contributed by atoms with E-state index in [2.05, 4.69) is 21.4 Å². The molecule has 1 saturated carbocycles. The first-order valence-corrected chi connectivity index (χ1v) is 4.02. The van der Waals surface area contributed by atoms with Crippen LogP contribution in [0.2, 0.25) is 0 Å². The van der Waals surface area contributed by atoms with Gasteiger partial charge in [-0.2, -0.15) is 5.26 Å². The zero-order chi connectivity index (χ0) is 9.73. The number of nitrogens with one attached hydrogen (secondary N) is 1. The SMILES string of the molecule is CO/N=C/C(=O)NC1(C#N)CCC1. The van der Waals surface area contributed by atoms with E-state index >= 15 is 0 Å². The number of oxime groups is 1. The Hall–Kier alpha value is -1.57. The summed E-state index contributed by atoms with van der Waals surface area (Å²) in [5.41, 5.74) is -0.656. The number of nitrogens with zero attached hydrogens (tertiary/aromatic N) is 2. The lowest BCUT2D eigenvalue weighted by Gasteiger charge is -2.35. The first kappa shape index (κ1) is 9.52. The molecule has 1 N–H and O–H groups in total. The van der Waals surface area contributed by atoms with Crippen molar-refractivity contribution in [3.8, 4) is 6.07 Å². The van der Waals surface area contributed by atoms with E-state index < -0.39 is 5.54 Å². The molecule has 0 aromatic rings. The van der Waals surface area contributed by atoms with Gasteiger partial charge in [0.05, 0.1) is 6.07 Å². The number of hydrogen-bond acceptors (Lipinski definition) is 4. The Morgan fingerprint density at radius 2 is 2.46 bits per heavy atom. The molecule has 0 heterocycles. The predicted molar refractivity (Wildman–Crippen MR) is 45.8 cm³/mol. The van der Waals surface area contributed by atoms with E-state index in [1.165, 1.54) is 7.11 Å². The van der Waals surface area contributed by atoms with E-state index in [9.17, 15) is 4.79 Å². The van der Waals surface area contributed by atoms with Crippen molar-refractivity contribution in [1.82, 2.24) is 5.32 Å². The highest BCUT2D eigenvalue weighted by atomic mass is 16.6. The Kier molecular flexibility index (Phi) is 2.85. The van der Waals surface area contributed by atoms with Crippen LogP contribution in [0.4, 0.5) is 0 Å². The van der Waals surface area contributed by atoms with E-state index in [1.807, 2.05) is 0 Å². The molecule has 0 spiro atoms. The minimum absolute atomic E-state index is 0.386.